The van der Waals surface area contributed by atoms with Crippen LogP contribution in [0.5, 0.6) is 0 Å². The van der Waals surface area contributed by atoms with E-state index in [-0.39, 0.29) is 0 Å². The van der Waals surface area contributed by atoms with E-state index in [1.54, 1.807) is 6.07 Å². The zero-order valence-corrected chi connectivity index (χ0v) is 10.9. The highest BCUT2D eigenvalue weighted by Crippen LogP contribution is 2.18. The summed E-state index contributed by atoms with van der Waals surface area (Å²) in [5, 5.41) is 9.90. The number of rotatable bonds is 6. The summed E-state index contributed by atoms with van der Waals surface area (Å²) in [7, 11) is 0. The van der Waals surface area contributed by atoms with Crippen LogP contribution in [0, 0.1) is 0 Å². The van der Waals surface area contributed by atoms with Gasteiger partial charge >= 0.3 is 5.97 Å². The molecule has 17 heavy (non-hydrogen) atoms. The van der Waals surface area contributed by atoms with Crippen LogP contribution in [0.1, 0.15) is 19.4 Å². The minimum atomic E-state index is -0.798. The molecule has 0 aliphatic heterocycles. The number of hydrogen-bond donors (Lipinski definition) is 1. The summed E-state index contributed by atoms with van der Waals surface area (Å²) in [5.74, 6) is -0.798. The van der Waals surface area contributed by atoms with E-state index in [4.69, 9.17) is 11.6 Å². The number of likely N-dealkylation sites (N-methyl/N-ethyl adjacent to an activating group) is 1. The molecule has 0 heterocycles. The van der Waals surface area contributed by atoms with Crippen molar-refractivity contribution >= 4 is 17.6 Å². The van der Waals surface area contributed by atoms with E-state index in [0.717, 1.165) is 18.7 Å². The SMILES string of the molecule is CCN(CC)[C@H](Cc1ccccc1Cl)C(=O)O. The summed E-state index contributed by atoms with van der Waals surface area (Å²) >= 11 is 6.05. The van der Waals surface area contributed by atoms with Gasteiger partial charge in [-0.1, -0.05) is 43.6 Å². The summed E-state index contributed by atoms with van der Waals surface area (Å²) in [6, 6.07) is 6.88. The Morgan fingerprint density at radius 1 is 1.35 bits per heavy atom. The Labute approximate surface area is 107 Å². The average molecular weight is 256 g/mol. The molecule has 1 aromatic rings. The fourth-order valence-electron chi connectivity index (χ4n) is 1.91. The fourth-order valence-corrected chi connectivity index (χ4v) is 2.12. The van der Waals surface area contributed by atoms with E-state index in [1.165, 1.54) is 0 Å². The van der Waals surface area contributed by atoms with Crippen molar-refractivity contribution in [1.29, 1.82) is 0 Å². The van der Waals surface area contributed by atoms with Crippen LogP contribution in [-0.2, 0) is 11.2 Å². The third-order valence-corrected chi connectivity index (χ3v) is 3.28. The predicted molar refractivity (Wildman–Crippen MR) is 69.5 cm³/mol. The summed E-state index contributed by atoms with van der Waals surface area (Å²) in [6.07, 6.45) is 0.441. The Kier molecular flexibility index (Phi) is 5.45. The second kappa shape index (κ2) is 6.62. The van der Waals surface area contributed by atoms with E-state index >= 15 is 0 Å². The second-order valence-electron chi connectivity index (χ2n) is 3.87. The molecule has 0 aliphatic rings. The van der Waals surface area contributed by atoms with Crippen molar-refractivity contribution in [1.82, 2.24) is 4.90 Å². The van der Waals surface area contributed by atoms with E-state index in [0.29, 0.717) is 11.4 Å². The van der Waals surface area contributed by atoms with Crippen molar-refractivity contribution < 1.29 is 9.90 Å². The smallest absolute Gasteiger partial charge is 0.321 e. The maximum atomic E-state index is 11.3. The van der Waals surface area contributed by atoms with Crippen molar-refractivity contribution in [3.05, 3.63) is 34.9 Å². The molecule has 1 N–H and O–H groups in total. The molecule has 94 valence electrons. The lowest BCUT2D eigenvalue weighted by Crippen LogP contribution is -2.42. The van der Waals surface area contributed by atoms with Gasteiger partial charge in [-0.25, -0.2) is 0 Å². The first-order chi connectivity index (χ1) is 8.10. The van der Waals surface area contributed by atoms with Crippen LogP contribution >= 0.6 is 11.6 Å². The minimum Gasteiger partial charge on any atom is -0.480 e. The fraction of sp³-hybridized carbons (Fsp3) is 0.462. The van der Waals surface area contributed by atoms with Gasteiger partial charge in [0.15, 0.2) is 0 Å². The molecule has 0 radical (unpaired) electrons. The molecule has 0 amide bonds. The van der Waals surface area contributed by atoms with Crippen molar-refractivity contribution in [2.24, 2.45) is 0 Å². The first-order valence-corrected chi connectivity index (χ1v) is 6.18. The minimum absolute atomic E-state index is 0.441. The van der Waals surface area contributed by atoms with Crippen LogP contribution in [0.4, 0.5) is 0 Å². The molecule has 0 aromatic heterocycles. The number of aliphatic carboxylic acids is 1. The van der Waals surface area contributed by atoms with E-state index in [1.807, 2.05) is 36.9 Å². The molecule has 0 spiro atoms. The number of nitrogens with zero attached hydrogens (tertiary/aromatic N) is 1. The molecule has 0 bridgehead atoms. The lowest BCUT2D eigenvalue weighted by Gasteiger charge is -2.26. The molecular weight excluding hydrogens is 238 g/mol. The number of halogens is 1. The molecule has 0 saturated carbocycles. The third kappa shape index (κ3) is 3.72. The van der Waals surface area contributed by atoms with Crippen LogP contribution in [0.25, 0.3) is 0 Å². The number of carbonyl (C=O) groups is 1. The molecule has 0 unspecified atom stereocenters. The molecule has 3 nitrogen and oxygen atoms in total. The van der Waals surface area contributed by atoms with Crippen LogP contribution in [-0.4, -0.2) is 35.1 Å². The van der Waals surface area contributed by atoms with Gasteiger partial charge in [0.1, 0.15) is 6.04 Å². The Hall–Kier alpha value is -1.06. The normalized spacial score (nSPS) is 12.7. The van der Waals surface area contributed by atoms with Crippen molar-refractivity contribution in [3.63, 3.8) is 0 Å². The van der Waals surface area contributed by atoms with Crippen LogP contribution < -0.4 is 0 Å². The molecule has 1 atom stereocenters. The Balaban J connectivity index is 2.87. The Morgan fingerprint density at radius 2 is 1.94 bits per heavy atom. The maximum absolute atomic E-state index is 11.3. The first-order valence-electron chi connectivity index (χ1n) is 5.80. The summed E-state index contributed by atoms with van der Waals surface area (Å²) in [6.45, 7) is 5.37. The largest absolute Gasteiger partial charge is 0.480 e. The van der Waals surface area contributed by atoms with Crippen molar-refractivity contribution in [2.75, 3.05) is 13.1 Å². The summed E-state index contributed by atoms with van der Waals surface area (Å²) in [4.78, 5) is 13.2. The van der Waals surface area contributed by atoms with Crippen LogP contribution in [0.15, 0.2) is 24.3 Å². The Bertz CT molecular complexity index is 377. The van der Waals surface area contributed by atoms with Crippen molar-refractivity contribution in [2.45, 2.75) is 26.3 Å². The predicted octanol–water partition coefficient (Wildman–Crippen LogP) is 2.68. The molecule has 0 fully saturated rings. The molecule has 0 saturated heterocycles. The van der Waals surface area contributed by atoms with Gasteiger partial charge < -0.3 is 5.11 Å². The van der Waals surface area contributed by atoms with Gasteiger partial charge in [0, 0.05) is 11.4 Å². The van der Waals surface area contributed by atoms with Crippen LogP contribution in [0.2, 0.25) is 5.02 Å². The van der Waals surface area contributed by atoms with Gasteiger partial charge in [-0.2, -0.15) is 0 Å². The highest BCUT2D eigenvalue weighted by molar-refractivity contribution is 6.31. The monoisotopic (exact) mass is 255 g/mol. The Morgan fingerprint density at radius 3 is 2.41 bits per heavy atom. The highest BCUT2D eigenvalue weighted by atomic mass is 35.5. The molecule has 4 heteroatoms. The number of hydrogen-bond acceptors (Lipinski definition) is 2. The number of benzene rings is 1. The standard InChI is InChI=1S/C13H18ClNO2/c1-3-15(4-2)12(13(16)17)9-10-7-5-6-8-11(10)14/h5-8,12H,3-4,9H2,1-2H3,(H,16,17)/t12-/m1/s1. The van der Waals surface area contributed by atoms with E-state index < -0.39 is 12.0 Å². The summed E-state index contributed by atoms with van der Waals surface area (Å²) in [5.41, 5.74) is 0.883. The molecular formula is C13H18ClNO2. The zero-order chi connectivity index (χ0) is 12.8. The molecule has 0 aliphatic carbocycles. The highest BCUT2D eigenvalue weighted by Gasteiger charge is 2.24. The van der Waals surface area contributed by atoms with Gasteiger partial charge in [-0.15, -0.1) is 0 Å². The van der Waals surface area contributed by atoms with Gasteiger partial charge in [0.2, 0.25) is 0 Å². The zero-order valence-electron chi connectivity index (χ0n) is 10.2. The average Bonchev–Trinajstić information content (AvgIpc) is 2.31. The summed E-state index contributed by atoms with van der Waals surface area (Å²) < 4.78 is 0. The van der Waals surface area contributed by atoms with Gasteiger partial charge in [-0.05, 0) is 24.7 Å². The van der Waals surface area contributed by atoms with Crippen LogP contribution in [0.3, 0.4) is 0 Å². The topological polar surface area (TPSA) is 40.5 Å². The lowest BCUT2D eigenvalue weighted by molar-refractivity contribution is -0.143. The number of carboxylic acid groups (broad SMARTS) is 1. The quantitative estimate of drug-likeness (QED) is 0.850. The van der Waals surface area contributed by atoms with E-state index in [9.17, 15) is 9.90 Å². The second-order valence-corrected chi connectivity index (χ2v) is 4.28. The van der Waals surface area contributed by atoms with Gasteiger partial charge in [0.25, 0.3) is 0 Å². The third-order valence-electron chi connectivity index (χ3n) is 2.91. The number of carboxylic acids is 1. The van der Waals surface area contributed by atoms with Gasteiger partial charge in [-0.3, -0.25) is 9.69 Å². The first kappa shape index (κ1) is 14.0. The van der Waals surface area contributed by atoms with Gasteiger partial charge in [0.05, 0.1) is 0 Å². The lowest BCUT2D eigenvalue weighted by atomic mass is 10.0. The van der Waals surface area contributed by atoms with Crippen molar-refractivity contribution in [3.8, 4) is 0 Å². The maximum Gasteiger partial charge on any atom is 0.321 e. The molecule has 1 rings (SSSR count). The molecule has 1 aromatic carbocycles. The van der Waals surface area contributed by atoms with E-state index in [2.05, 4.69) is 0 Å².